The molecule has 35 heavy (non-hydrogen) atoms. The van der Waals surface area contributed by atoms with Gasteiger partial charge < -0.3 is 4.90 Å². The van der Waals surface area contributed by atoms with E-state index < -0.39 is 0 Å². The number of rotatable bonds is 8. The molecular weight excluding hydrogens is 443 g/mol. The molecule has 0 aliphatic carbocycles. The molecule has 0 unspecified atom stereocenters. The average molecular weight is 471 g/mol. The van der Waals surface area contributed by atoms with Crippen LogP contribution < -0.4 is 5.32 Å². The molecule has 6 nitrogen and oxygen atoms in total. The Kier molecular flexibility index (Phi) is 7.35. The highest BCUT2D eigenvalue weighted by molar-refractivity contribution is 5.99. The Hall–Kier alpha value is -4.26. The van der Waals surface area contributed by atoms with Crippen LogP contribution in [-0.2, 0) is 4.79 Å². The topological polar surface area (TPSA) is 67.2 Å². The number of halogens is 1. The molecule has 178 valence electrons. The normalized spacial score (nSPS) is 10.9. The molecule has 1 N–H and O–H groups in total. The van der Waals surface area contributed by atoms with Crippen LogP contribution in [0.4, 0.5) is 10.3 Å². The zero-order valence-corrected chi connectivity index (χ0v) is 19.7. The third-order valence-electron chi connectivity index (χ3n) is 5.36. The standard InChI is InChI=1S/C28H27FN4O2/c1-20(2)17-32(27(35)22-11-7-4-8-12-22)19-26(34)31-28-30-25(21-9-5-3-6-10-21)18-33(28)24-15-13-23(29)14-16-24/h3-16,18,20H,17,19H2,1-2H3,(H,30,31,34). The summed E-state index contributed by atoms with van der Waals surface area (Å²) in [5.74, 6) is -0.463. The maximum atomic E-state index is 13.5. The number of carbonyl (C=O) groups excluding carboxylic acids is 2. The van der Waals surface area contributed by atoms with Crippen LogP contribution in [-0.4, -0.2) is 39.4 Å². The van der Waals surface area contributed by atoms with Gasteiger partial charge in [0.2, 0.25) is 11.9 Å². The number of nitrogens with zero attached hydrogens (tertiary/aromatic N) is 3. The van der Waals surface area contributed by atoms with Crippen molar-refractivity contribution in [3.8, 4) is 16.9 Å². The van der Waals surface area contributed by atoms with Crippen LogP contribution in [0.5, 0.6) is 0 Å². The molecule has 3 aromatic carbocycles. The van der Waals surface area contributed by atoms with Crippen LogP contribution in [0.1, 0.15) is 24.2 Å². The van der Waals surface area contributed by atoms with E-state index in [9.17, 15) is 14.0 Å². The molecule has 0 saturated carbocycles. The van der Waals surface area contributed by atoms with Gasteiger partial charge in [0.15, 0.2) is 0 Å². The van der Waals surface area contributed by atoms with E-state index in [1.54, 1.807) is 52.1 Å². The highest BCUT2D eigenvalue weighted by Crippen LogP contribution is 2.24. The summed E-state index contributed by atoms with van der Waals surface area (Å²) in [5, 5.41) is 2.85. The molecule has 4 rings (SSSR count). The largest absolute Gasteiger partial charge is 0.329 e. The Bertz CT molecular complexity index is 1290. The van der Waals surface area contributed by atoms with Gasteiger partial charge in [-0.25, -0.2) is 9.37 Å². The van der Waals surface area contributed by atoms with Gasteiger partial charge in [-0.1, -0.05) is 62.4 Å². The predicted molar refractivity (Wildman–Crippen MR) is 135 cm³/mol. The van der Waals surface area contributed by atoms with Crippen LogP contribution >= 0.6 is 0 Å². The first-order valence-corrected chi connectivity index (χ1v) is 11.5. The van der Waals surface area contributed by atoms with Crippen molar-refractivity contribution in [3.05, 3.63) is 103 Å². The van der Waals surface area contributed by atoms with Crippen LogP contribution in [0.2, 0.25) is 0 Å². The molecule has 1 aromatic heterocycles. The quantitative estimate of drug-likeness (QED) is 0.374. The van der Waals surface area contributed by atoms with E-state index >= 15 is 0 Å². The predicted octanol–water partition coefficient (Wildman–Crippen LogP) is 5.42. The Balaban J connectivity index is 1.61. The number of imidazole rings is 1. The number of amides is 2. The van der Waals surface area contributed by atoms with Crippen LogP contribution in [0, 0.1) is 11.7 Å². The van der Waals surface area contributed by atoms with E-state index in [1.807, 2.05) is 50.2 Å². The van der Waals surface area contributed by atoms with Crippen molar-refractivity contribution in [1.29, 1.82) is 0 Å². The summed E-state index contributed by atoms with van der Waals surface area (Å²) in [6.45, 7) is 4.30. The van der Waals surface area contributed by atoms with E-state index in [0.29, 0.717) is 23.5 Å². The van der Waals surface area contributed by atoms with Gasteiger partial charge in [0.1, 0.15) is 12.4 Å². The molecule has 0 aliphatic heterocycles. The molecule has 2 amide bonds. The van der Waals surface area contributed by atoms with E-state index in [4.69, 9.17) is 0 Å². The Morgan fingerprint density at radius 1 is 0.943 bits per heavy atom. The second-order valence-electron chi connectivity index (χ2n) is 8.66. The maximum absolute atomic E-state index is 13.5. The fourth-order valence-electron chi connectivity index (χ4n) is 3.78. The highest BCUT2D eigenvalue weighted by Gasteiger charge is 2.21. The van der Waals surface area contributed by atoms with Crippen molar-refractivity contribution < 1.29 is 14.0 Å². The Morgan fingerprint density at radius 2 is 1.57 bits per heavy atom. The maximum Gasteiger partial charge on any atom is 0.254 e. The molecule has 0 fully saturated rings. The first kappa shape index (κ1) is 23.9. The molecule has 1 heterocycles. The van der Waals surface area contributed by atoms with E-state index in [2.05, 4.69) is 10.3 Å². The lowest BCUT2D eigenvalue weighted by Gasteiger charge is -2.24. The zero-order valence-electron chi connectivity index (χ0n) is 19.7. The minimum atomic E-state index is -0.372. The van der Waals surface area contributed by atoms with Crippen molar-refractivity contribution in [2.45, 2.75) is 13.8 Å². The third-order valence-corrected chi connectivity index (χ3v) is 5.36. The van der Waals surface area contributed by atoms with Gasteiger partial charge in [0.05, 0.1) is 5.69 Å². The SMILES string of the molecule is CC(C)CN(CC(=O)Nc1nc(-c2ccccc2)cn1-c1ccc(F)cc1)C(=O)c1ccccc1. The highest BCUT2D eigenvalue weighted by atomic mass is 19.1. The number of benzene rings is 3. The number of anilines is 1. The van der Waals surface area contributed by atoms with Gasteiger partial charge in [0, 0.05) is 29.6 Å². The van der Waals surface area contributed by atoms with Crippen LogP contribution in [0.15, 0.2) is 91.1 Å². The van der Waals surface area contributed by atoms with Gasteiger partial charge in [-0.2, -0.15) is 0 Å². The van der Waals surface area contributed by atoms with Gasteiger partial charge in [-0.15, -0.1) is 0 Å². The number of hydrogen-bond acceptors (Lipinski definition) is 3. The van der Waals surface area contributed by atoms with E-state index in [-0.39, 0.29) is 36.0 Å². The monoisotopic (exact) mass is 470 g/mol. The molecule has 0 radical (unpaired) electrons. The van der Waals surface area contributed by atoms with Crippen molar-refractivity contribution >= 4 is 17.8 Å². The van der Waals surface area contributed by atoms with Crippen LogP contribution in [0.25, 0.3) is 16.9 Å². The van der Waals surface area contributed by atoms with Gasteiger partial charge in [-0.05, 0) is 42.3 Å². The molecule has 0 bridgehead atoms. The number of aromatic nitrogens is 2. The van der Waals surface area contributed by atoms with Crippen molar-refractivity contribution in [2.24, 2.45) is 5.92 Å². The smallest absolute Gasteiger partial charge is 0.254 e. The summed E-state index contributed by atoms with van der Waals surface area (Å²) in [7, 11) is 0. The molecular formula is C28H27FN4O2. The molecule has 0 saturated heterocycles. The fraction of sp³-hybridized carbons (Fsp3) is 0.179. The van der Waals surface area contributed by atoms with Gasteiger partial charge in [0.25, 0.3) is 5.91 Å². The summed E-state index contributed by atoms with van der Waals surface area (Å²) in [5.41, 5.74) is 2.71. The Labute approximate surface area is 204 Å². The van der Waals surface area contributed by atoms with Crippen molar-refractivity contribution in [1.82, 2.24) is 14.5 Å². The molecule has 0 aliphatic rings. The lowest BCUT2D eigenvalue weighted by atomic mass is 10.1. The second-order valence-corrected chi connectivity index (χ2v) is 8.66. The minimum Gasteiger partial charge on any atom is -0.329 e. The van der Waals surface area contributed by atoms with E-state index in [1.165, 1.54) is 12.1 Å². The summed E-state index contributed by atoms with van der Waals surface area (Å²) >= 11 is 0. The lowest BCUT2D eigenvalue weighted by Crippen LogP contribution is -2.40. The fourth-order valence-corrected chi connectivity index (χ4v) is 3.78. The summed E-state index contributed by atoms with van der Waals surface area (Å²) in [6.07, 6.45) is 1.79. The number of carbonyl (C=O) groups is 2. The Morgan fingerprint density at radius 3 is 2.20 bits per heavy atom. The number of hydrogen-bond donors (Lipinski definition) is 1. The summed E-state index contributed by atoms with van der Waals surface area (Å²) in [4.78, 5) is 32.3. The van der Waals surface area contributed by atoms with E-state index in [0.717, 1.165) is 5.56 Å². The second kappa shape index (κ2) is 10.8. The van der Waals surface area contributed by atoms with Crippen molar-refractivity contribution in [3.63, 3.8) is 0 Å². The minimum absolute atomic E-state index is 0.122. The van der Waals surface area contributed by atoms with Crippen molar-refractivity contribution in [2.75, 3.05) is 18.4 Å². The molecule has 4 aromatic rings. The van der Waals surface area contributed by atoms with Gasteiger partial charge >= 0.3 is 0 Å². The molecule has 7 heteroatoms. The first-order chi connectivity index (χ1) is 16.9. The first-order valence-electron chi connectivity index (χ1n) is 11.5. The molecule has 0 spiro atoms. The number of nitrogens with one attached hydrogen (secondary N) is 1. The van der Waals surface area contributed by atoms with Crippen LogP contribution in [0.3, 0.4) is 0 Å². The third kappa shape index (κ3) is 6.00. The lowest BCUT2D eigenvalue weighted by molar-refractivity contribution is -0.117. The van der Waals surface area contributed by atoms with Gasteiger partial charge in [-0.3, -0.25) is 19.5 Å². The molecule has 0 atom stereocenters. The zero-order chi connectivity index (χ0) is 24.8. The summed E-state index contributed by atoms with van der Waals surface area (Å²) in [6, 6.07) is 24.4. The summed E-state index contributed by atoms with van der Waals surface area (Å²) < 4.78 is 15.2. The average Bonchev–Trinajstić information content (AvgIpc) is 3.28.